The van der Waals surface area contributed by atoms with Crippen LogP contribution in [0.25, 0.3) is 201 Å². The maximum Gasteiger partial charge on any atom is 0.417 e. The van der Waals surface area contributed by atoms with Gasteiger partial charge in [-0.3, -0.25) is 0 Å². The summed E-state index contributed by atoms with van der Waals surface area (Å²) in [5.74, 6) is 0.538. The number of aromatic nitrogens is 8. The maximum absolute atomic E-state index is 15.6. The molecule has 0 aliphatic heterocycles. The van der Waals surface area contributed by atoms with E-state index in [1.165, 1.54) is 170 Å². The molecule has 0 saturated carbocycles. The number of alkyl halides is 21. The second-order valence-corrected chi connectivity index (χ2v) is 35.1. The lowest BCUT2D eigenvalue weighted by Crippen LogP contribution is -2.11. The Morgan fingerprint density at radius 3 is 0.714 bits per heavy atom. The van der Waals surface area contributed by atoms with Crippen LogP contribution in [0.3, 0.4) is 0 Å². The van der Waals surface area contributed by atoms with Crippen LogP contribution in [0.15, 0.2) is 376 Å². The SMILES string of the molecule is Cc1ccc(-c2ccc3c(c2)c2cc(-c4ccc(C(F)(F)F)cc4C)ccc2n3-c2c(-c3ccccc3C(F)(F)F)cc(-c3nc(-c4ccccc4)nc(-c4ccccc4)n3)cc2-c2ccccc2C(F)(F)F)c(C(F)(F)F)c1.Cc1ccc(-c2ccc3c(c2)c2ccccc2n3-c2c(-c3ccccc3C(F)(F)F)cc(-c3nc(-c4ccccc4)nc(-c4ccccc4)n3)cc2-c2ccccc2C(F)(F)F)c(C(F)(F)F)c1. The minimum Gasteiger partial charge on any atom is -0.308 e. The highest BCUT2D eigenvalue weighted by Crippen LogP contribution is 2.55. The van der Waals surface area contributed by atoms with Gasteiger partial charge in [0.2, 0.25) is 0 Å². The van der Waals surface area contributed by atoms with Gasteiger partial charge in [0.15, 0.2) is 34.9 Å². The average Bonchev–Trinajstić information content (AvgIpc) is 1.58. The fourth-order valence-electron chi connectivity index (χ4n) is 19.0. The van der Waals surface area contributed by atoms with E-state index in [-0.39, 0.29) is 140 Å². The number of rotatable bonds is 15. The summed E-state index contributed by atoms with van der Waals surface area (Å²) in [6, 6.07) is 90.7. The Kier molecular flexibility index (Phi) is 24.9. The lowest BCUT2D eigenvalue weighted by atomic mass is 9.88. The normalized spacial score (nSPS) is 12.4. The highest BCUT2D eigenvalue weighted by molar-refractivity contribution is 6.15. The molecule has 730 valence electrons. The number of nitrogens with zero attached hydrogens (tertiary/aromatic N) is 8. The van der Waals surface area contributed by atoms with E-state index in [4.69, 9.17) is 29.9 Å². The molecular formula is C118H71F21N8. The molecular weight excluding hydrogens is 1930 g/mol. The highest BCUT2D eigenvalue weighted by Gasteiger charge is 2.43. The van der Waals surface area contributed by atoms with Crippen LogP contribution >= 0.6 is 0 Å². The van der Waals surface area contributed by atoms with Crippen molar-refractivity contribution < 1.29 is 92.2 Å². The first-order valence-electron chi connectivity index (χ1n) is 45.5. The molecule has 0 aliphatic carbocycles. The van der Waals surface area contributed by atoms with Crippen molar-refractivity contribution >= 4 is 43.6 Å². The standard InChI is InChI=1S/C63H38F12N4.C55H33F9N4/c1-35-21-25-44(53(29-35)63(73,74)75)40-23-28-55-48(32-40)47-31-39(43-26-24-42(30-36(43)2)60(64,65)66)22-27-54(47)79(55)56-49(45-17-9-11-19-51(45)61(67,68)69)33-41(34-50(56)46-18-10-12-20-52(46)62(70,71)72)59-77-57(37-13-5-3-6-14-37)76-58(78-59)38-15-7-4-8-16-38;1-32-24-26-37(46(28-32)55(62,63)64)35-25-27-48-41(29-35)40-20-10-13-23-47(40)68(48)49-42(38-18-8-11-21-44(38)53(56,57)58)30-36(31-43(49)39-19-9-12-22-45(39)54(59,60)61)52-66-50(33-14-4-2-5-15-33)65-51(67-52)34-16-6-3-7-17-34/h3-34H,1-2H3;2-31H,1H3. The summed E-state index contributed by atoms with van der Waals surface area (Å²) in [5.41, 5.74) is -5.05. The molecule has 8 nitrogen and oxygen atoms in total. The average molecular weight is 2000 g/mol. The van der Waals surface area contributed by atoms with Crippen LogP contribution in [-0.4, -0.2) is 39.0 Å². The summed E-state index contributed by atoms with van der Waals surface area (Å²) in [4.78, 5) is 28.8. The van der Waals surface area contributed by atoms with Crippen LogP contribution < -0.4 is 0 Å². The molecule has 0 aliphatic rings. The number of benzene rings is 17. The summed E-state index contributed by atoms with van der Waals surface area (Å²) in [6.07, 6.45) is -34.2. The third-order valence-corrected chi connectivity index (χ3v) is 25.6. The monoisotopic (exact) mass is 2000 g/mol. The predicted octanol–water partition coefficient (Wildman–Crippen LogP) is 35.7. The smallest absolute Gasteiger partial charge is 0.308 e. The Morgan fingerprint density at radius 1 is 0.170 bits per heavy atom. The Balaban J connectivity index is 0.000000181. The summed E-state index contributed by atoms with van der Waals surface area (Å²) in [7, 11) is 0. The van der Waals surface area contributed by atoms with Crippen LogP contribution in [0, 0.1) is 20.8 Å². The maximum atomic E-state index is 15.6. The number of halogens is 21. The number of para-hydroxylation sites is 1. The van der Waals surface area contributed by atoms with Crippen LogP contribution in [0.4, 0.5) is 92.2 Å². The number of aryl methyl sites for hydroxylation is 3. The van der Waals surface area contributed by atoms with Crippen LogP contribution in [-0.2, 0) is 43.2 Å². The van der Waals surface area contributed by atoms with Crippen molar-refractivity contribution in [1.82, 2.24) is 39.0 Å². The van der Waals surface area contributed by atoms with E-state index in [9.17, 15) is 39.5 Å². The minimum atomic E-state index is -5.05. The zero-order valence-electron chi connectivity index (χ0n) is 76.8. The lowest BCUT2D eigenvalue weighted by Gasteiger charge is -2.24. The molecule has 0 spiro atoms. The zero-order chi connectivity index (χ0) is 103. The summed E-state index contributed by atoms with van der Waals surface area (Å²) < 4.78 is 319. The van der Waals surface area contributed by atoms with E-state index in [0.717, 1.165) is 48.5 Å². The summed E-state index contributed by atoms with van der Waals surface area (Å²) in [5, 5.41) is 1.34. The van der Waals surface area contributed by atoms with Gasteiger partial charge in [-0.05, 0) is 197 Å². The van der Waals surface area contributed by atoms with E-state index in [2.05, 4.69) is 0 Å². The fraction of sp³-hybridized carbons (Fsp3) is 0.0847. The molecule has 0 radical (unpaired) electrons. The molecule has 21 aromatic rings. The zero-order valence-corrected chi connectivity index (χ0v) is 76.8. The molecule has 21 rings (SSSR count). The number of fused-ring (bicyclic) bond motifs is 6. The molecule has 4 heterocycles. The molecule has 4 aromatic heterocycles. The van der Waals surface area contributed by atoms with E-state index in [1.807, 2.05) is 0 Å². The van der Waals surface area contributed by atoms with Gasteiger partial charge in [0.05, 0.1) is 72.4 Å². The second-order valence-electron chi connectivity index (χ2n) is 35.1. The first-order valence-corrected chi connectivity index (χ1v) is 45.5. The van der Waals surface area contributed by atoms with Crippen LogP contribution in [0.2, 0.25) is 0 Å². The molecule has 0 N–H and O–H groups in total. The van der Waals surface area contributed by atoms with E-state index in [1.54, 1.807) is 187 Å². The van der Waals surface area contributed by atoms with Gasteiger partial charge in [-0.1, -0.05) is 272 Å². The fourth-order valence-corrected chi connectivity index (χ4v) is 19.0. The van der Waals surface area contributed by atoms with E-state index in [0.29, 0.717) is 66.3 Å². The highest BCUT2D eigenvalue weighted by atomic mass is 19.4. The van der Waals surface area contributed by atoms with Gasteiger partial charge >= 0.3 is 43.2 Å². The van der Waals surface area contributed by atoms with Gasteiger partial charge in [-0.25, -0.2) is 29.9 Å². The van der Waals surface area contributed by atoms with Crippen molar-refractivity contribution in [3.63, 3.8) is 0 Å². The molecule has 29 heteroatoms. The molecule has 0 bridgehead atoms. The molecule has 0 fully saturated rings. The molecule has 147 heavy (non-hydrogen) atoms. The van der Waals surface area contributed by atoms with Crippen LogP contribution in [0.5, 0.6) is 0 Å². The number of hydrogen-bond donors (Lipinski definition) is 0. The van der Waals surface area contributed by atoms with Crippen molar-refractivity contribution in [2.45, 2.75) is 64.0 Å². The van der Waals surface area contributed by atoms with Crippen molar-refractivity contribution in [3.05, 3.63) is 432 Å². The molecule has 0 amide bonds. The van der Waals surface area contributed by atoms with Crippen molar-refractivity contribution in [3.8, 4) is 158 Å². The Labute approximate surface area is 823 Å². The minimum absolute atomic E-state index is 0.0124. The van der Waals surface area contributed by atoms with Crippen molar-refractivity contribution in [2.75, 3.05) is 0 Å². The first kappa shape index (κ1) is 97.3. The largest absolute Gasteiger partial charge is 0.417 e. The Bertz CT molecular complexity index is 8430. The molecule has 0 atom stereocenters. The van der Waals surface area contributed by atoms with E-state index < -0.39 is 93.3 Å². The first-order chi connectivity index (χ1) is 70.1. The van der Waals surface area contributed by atoms with E-state index >= 15 is 52.7 Å². The predicted molar refractivity (Wildman–Crippen MR) is 528 cm³/mol. The van der Waals surface area contributed by atoms with Gasteiger partial charge < -0.3 is 9.13 Å². The summed E-state index contributed by atoms with van der Waals surface area (Å²) >= 11 is 0. The van der Waals surface area contributed by atoms with Crippen LogP contribution in [0.1, 0.15) is 55.6 Å². The molecule has 17 aromatic carbocycles. The molecule has 0 unspecified atom stereocenters. The lowest BCUT2D eigenvalue weighted by molar-refractivity contribution is -0.138. The van der Waals surface area contributed by atoms with Gasteiger partial charge in [0, 0.05) is 77.2 Å². The second kappa shape index (κ2) is 37.6. The number of hydrogen-bond acceptors (Lipinski definition) is 6. The third-order valence-electron chi connectivity index (χ3n) is 25.6. The van der Waals surface area contributed by atoms with Crippen molar-refractivity contribution in [2.24, 2.45) is 0 Å². The molecule has 0 saturated heterocycles. The Morgan fingerprint density at radius 2 is 0.422 bits per heavy atom. The Hall–Kier alpha value is -17.1. The van der Waals surface area contributed by atoms with Gasteiger partial charge in [0.1, 0.15) is 0 Å². The summed E-state index contributed by atoms with van der Waals surface area (Å²) in [6.45, 7) is 4.52. The van der Waals surface area contributed by atoms with Gasteiger partial charge in [-0.15, -0.1) is 0 Å². The van der Waals surface area contributed by atoms with Crippen molar-refractivity contribution in [1.29, 1.82) is 0 Å². The topological polar surface area (TPSA) is 87.2 Å². The van der Waals surface area contributed by atoms with Gasteiger partial charge in [0.25, 0.3) is 0 Å². The quantitative estimate of drug-likeness (QED) is 0.0951. The van der Waals surface area contributed by atoms with Gasteiger partial charge in [-0.2, -0.15) is 92.2 Å². The third kappa shape index (κ3) is 19.1.